The number of primary amides is 1. The summed E-state index contributed by atoms with van der Waals surface area (Å²) < 4.78 is 0. The molecule has 6 N–H and O–H groups in total. The van der Waals surface area contributed by atoms with Crippen LogP contribution in [0.1, 0.15) is 33.6 Å². The van der Waals surface area contributed by atoms with Gasteiger partial charge >= 0.3 is 0 Å². The molecule has 0 aliphatic heterocycles. The third-order valence-corrected chi connectivity index (χ3v) is 2.47. The Labute approximate surface area is 96.1 Å². The Bertz CT molecular complexity index is 253. The fourth-order valence-corrected chi connectivity index (χ4v) is 1.47. The molecule has 0 aliphatic carbocycles. The van der Waals surface area contributed by atoms with E-state index >= 15 is 0 Å². The molecule has 0 aliphatic rings. The van der Waals surface area contributed by atoms with Crippen LogP contribution >= 0.6 is 0 Å². The summed E-state index contributed by atoms with van der Waals surface area (Å²) >= 11 is 0. The van der Waals surface area contributed by atoms with E-state index in [1.54, 1.807) is 0 Å². The van der Waals surface area contributed by atoms with Crippen LogP contribution in [0.15, 0.2) is 5.16 Å². The van der Waals surface area contributed by atoms with E-state index in [-0.39, 0.29) is 23.7 Å². The number of nitrogens with two attached hydrogens (primary N) is 2. The van der Waals surface area contributed by atoms with Crippen molar-refractivity contribution in [1.29, 1.82) is 0 Å². The smallest absolute Gasteiger partial charge is 0.234 e. The van der Waals surface area contributed by atoms with E-state index in [4.69, 9.17) is 16.7 Å². The summed E-state index contributed by atoms with van der Waals surface area (Å²) in [5.41, 5.74) is 10.7. The first-order valence-corrected chi connectivity index (χ1v) is 5.44. The zero-order valence-corrected chi connectivity index (χ0v) is 10.1. The minimum atomic E-state index is -0.392. The number of oxime groups is 1. The maximum Gasteiger partial charge on any atom is 0.234 e. The molecule has 16 heavy (non-hydrogen) atoms. The third-order valence-electron chi connectivity index (χ3n) is 2.47. The average Bonchev–Trinajstić information content (AvgIpc) is 2.22. The van der Waals surface area contributed by atoms with E-state index in [0.29, 0.717) is 6.42 Å². The first-order valence-electron chi connectivity index (χ1n) is 5.44. The second-order valence-corrected chi connectivity index (χ2v) is 4.19. The van der Waals surface area contributed by atoms with Gasteiger partial charge in [0.2, 0.25) is 5.91 Å². The van der Waals surface area contributed by atoms with Crippen molar-refractivity contribution in [2.45, 2.75) is 45.7 Å². The van der Waals surface area contributed by atoms with Crippen LogP contribution in [0.3, 0.4) is 0 Å². The highest BCUT2D eigenvalue weighted by molar-refractivity contribution is 5.81. The molecule has 94 valence electrons. The van der Waals surface area contributed by atoms with Gasteiger partial charge in [-0.05, 0) is 12.3 Å². The van der Waals surface area contributed by atoms with E-state index in [1.807, 2.05) is 20.8 Å². The Hall–Kier alpha value is -1.30. The number of amides is 1. The SMILES string of the molecule is CCC(CC(N)=NO)NC(C(N)=O)C(C)C. The Morgan fingerprint density at radius 3 is 2.31 bits per heavy atom. The Balaban J connectivity index is 4.44. The van der Waals surface area contributed by atoms with Gasteiger partial charge in [0.25, 0.3) is 0 Å². The minimum Gasteiger partial charge on any atom is -0.409 e. The van der Waals surface area contributed by atoms with Crippen molar-refractivity contribution >= 4 is 11.7 Å². The summed E-state index contributed by atoms with van der Waals surface area (Å²) in [5.74, 6) is -0.127. The van der Waals surface area contributed by atoms with Gasteiger partial charge in [-0.1, -0.05) is 25.9 Å². The van der Waals surface area contributed by atoms with Gasteiger partial charge in [0.05, 0.1) is 6.04 Å². The van der Waals surface area contributed by atoms with Crippen LogP contribution in [0.5, 0.6) is 0 Å². The Kier molecular flexibility index (Phi) is 6.48. The standard InChI is InChI=1S/C10H22N4O2/c1-4-7(5-8(11)14-16)13-9(6(2)3)10(12)15/h6-7,9,13,16H,4-5H2,1-3H3,(H2,11,14)(H2,12,15). The lowest BCUT2D eigenvalue weighted by Crippen LogP contribution is -2.50. The highest BCUT2D eigenvalue weighted by atomic mass is 16.4. The molecule has 0 saturated carbocycles. The molecule has 0 fully saturated rings. The molecule has 0 aromatic carbocycles. The Morgan fingerprint density at radius 1 is 1.44 bits per heavy atom. The summed E-state index contributed by atoms with van der Waals surface area (Å²) in [7, 11) is 0. The molecule has 1 amide bonds. The summed E-state index contributed by atoms with van der Waals surface area (Å²) in [6, 6.07) is -0.410. The van der Waals surface area contributed by atoms with Gasteiger partial charge in [0, 0.05) is 12.5 Å². The van der Waals surface area contributed by atoms with Gasteiger partial charge in [-0.2, -0.15) is 0 Å². The number of carbonyl (C=O) groups excluding carboxylic acids is 1. The topological polar surface area (TPSA) is 114 Å². The van der Waals surface area contributed by atoms with Crippen LogP contribution in [0, 0.1) is 5.92 Å². The molecule has 0 aromatic rings. The molecular formula is C10H22N4O2. The van der Waals surface area contributed by atoms with Crippen LogP contribution in [-0.2, 0) is 4.79 Å². The summed E-state index contributed by atoms with van der Waals surface area (Å²) in [4.78, 5) is 11.2. The zero-order chi connectivity index (χ0) is 12.7. The van der Waals surface area contributed by atoms with Crippen molar-refractivity contribution in [3.8, 4) is 0 Å². The van der Waals surface area contributed by atoms with E-state index < -0.39 is 6.04 Å². The van der Waals surface area contributed by atoms with Crippen molar-refractivity contribution in [3.63, 3.8) is 0 Å². The predicted octanol–water partition coefficient (Wildman–Crippen LogP) is 0.00100. The summed E-state index contributed by atoms with van der Waals surface area (Å²) in [6.45, 7) is 5.79. The number of carbonyl (C=O) groups is 1. The quantitative estimate of drug-likeness (QED) is 0.213. The van der Waals surface area contributed by atoms with Gasteiger partial charge in [-0.15, -0.1) is 0 Å². The molecule has 6 heteroatoms. The molecule has 0 saturated heterocycles. The number of rotatable bonds is 7. The molecular weight excluding hydrogens is 208 g/mol. The first-order chi connectivity index (χ1) is 7.42. The zero-order valence-electron chi connectivity index (χ0n) is 10.1. The second-order valence-electron chi connectivity index (χ2n) is 4.19. The van der Waals surface area contributed by atoms with Crippen molar-refractivity contribution in [2.24, 2.45) is 22.5 Å². The van der Waals surface area contributed by atoms with Crippen LogP contribution < -0.4 is 16.8 Å². The fraction of sp³-hybridized carbons (Fsp3) is 0.800. The van der Waals surface area contributed by atoms with E-state index in [9.17, 15) is 4.79 Å². The lowest BCUT2D eigenvalue weighted by molar-refractivity contribution is -0.121. The van der Waals surface area contributed by atoms with Crippen molar-refractivity contribution in [1.82, 2.24) is 5.32 Å². The summed E-state index contributed by atoms with van der Waals surface area (Å²) in [6.07, 6.45) is 1.16. The number of nitrogens with one attached hydrogen (secondary N) is 1. The van der Waals surface area contributed by atoms with Gasteiger partial charge in [0.15, 0.2) is 0 Å². The molecule has 0 radical (unpaired) electrons. The van der Waals surface area contributed by atoms with Gasteiger partial charge in [0.1, 0.15) is 5.84 Å². The molecule has 2 unspecified atom stereocenters. The number of hydrogen-bond acceptors (Lipinski definition) is 4. The molecule has 0 heterocycles. The minimum absolute atomic E-state index is 0.0178. The molecule has 0 rings (SSSR count). The van der Waals surface area contributed by atoms with Crippen molar-refractivity contribution < 1.29 is 10.0 Å². The predicted molar refractivity (Wildman–Crippen MR) is 63.1 cm³/mol. The maximum atomic E-state index is 11.2. The van der Waals surface area contributed by atoms with Gasteiger partial charge in [-0.3, -0.25) is 4.79 Å². The van der Waals surface area contributed by atoms with Crippen LogP contribution in [-0.4, -0.2) is 29.0 Å². The van der Waals surface area contributed by atoms with Gasteiger partial charge < -0.3 is 22.0 Å². The lowest BCUT2D eigenvalue weighted by Gasteiger charge is -2.25. The second kappa shape index (κ2) is 7.05. The monoisotopic (exact) mass is 230 g/mol. The third kappa shape index (κ3) is 4.97. The van der Waals surface area contributed by atoms with E-state index in [2.05, 4.69) is 10.5 Å². The van der Waals surface area contributed by atoms with Crippen molar-refractivity contribution in [3.05, 3.63) is 0 Å². The largest absolute Gasteiger partial charge is 0.409 e. The molecule has 0 aromatic heterocycles. The van der Waals surface area contributed by atoms with E-state index in [1.165, 1.54) is 0 Å². The molecule has 0 bridgehead atoms. The van der Waals surface area contributed by atoms with Crippen LogP contribution in [0.4, 0.5) is 0 Å². The number of nitrogens with zero attached hydrogens (tertiary/aromatic N) is 1. The molecule has 6 nitrogen and oxygen atoms in total. The van der Waals surface area contributed by atoms with E-state index in [0.717, 1.165) is 6.42 Å². The highest BCUT2D eigenvalue weighted by Gasteiger charge is 2.22. The molecule has 0 spiro atoms. The fourth-order valence-electron chi connectivity index (χ4n) is 1.47. The van der Waals surface area contributed by atoms with Crippen LogP contribution in [0.2, 0.25) is 0 Å². The molecule has 2 atom stereocenters. The van der Waals surface area contributed by atoms with Crippen molar-refractivity contribution in [2.75, 3.05) is 0 Å². The number of amidine groups is 1. The maximum absolute atomic E-state index is 11.2. The first kappa shape index (κ1) is 14.7. The summed E-state index contributed by atoms with van der Waals surface area (Å²) in [5, 5.41) is 14.5. The normalized spacial score (nSPS) is 16.1. The highest BCUT2D eigenvalue weighted by Crippen LogP contribution is 2.06. The Morgan fingerprint density at radius 2 is 2.00 bits per heavy atom. The lowest BCUT2D eigenvalue weighted by atomic mass is 10.0. The average molecular weight is 230 g/mol. The van der Waals surface area contributed by atoms with Crippen LogP contribution in [0.25, 0.3) is 0 Å². The van der Waals surface area contributed by atoms with Gasteiger partial charge in [-0.25, -0.2) is 0 Å². The number of hydrogen-bond donors (Lipinski definition) is 4.